The quantitative estimate of drug-likeness (QED) is 0.178. The van der Waals surface area contributed by atoms with Crippen LogP contribution in [0.2, 0.25) is 0 Å². The molecule has 0 radical (unpaired) electrons. The van der Waals surface area contributed by atoms with E-state index in [9.17, 15) is 0 Å². The van der Waals surface area contributed by atoms with Crippen LogP contribution in [0, 0.1) is 0 Å². The molecule has 1 aliphatic heterocycles. The second-order valence-electron chi connectivity index (χ2n) is 15.8. The lowest BCUT2D eigenvalue weighted by Crippen LogP contribution is -2.32. The third-order valence-electron chi connectivity index (χ3n) is 12.6. The monoisotopic (exact) mass is 779 g/mol. The Bertz CT molecular complexity index is 3470. The molecule has 11 aromatic rings. The Morgan fingerprint density at radius 3 is 1.56 bits per heavy atom. The molecule has 0 N–H and O–H groups in total. The molecule has 2 aromatic heterocycles. The first kappa shape index (κ1) is 33.8. The highest BCUT2D eigenvalue weighted by Gasteiger charge is 2.51. The summed E-state index contributed by atoms with van der Waals surface area (Å²) in [5.74, 6) is 3.64. The van der Waals surface area contributed by atoms with E-state index in [-0.39, 0.29) is 0 Å². The average molecular weight is 780 g/mol. The first-order chi connectivity index (χ1) is 30.2. The predicted molar refractivity (Wildman–Crippen MR) is 244 cm³/mol. The molecule has 0 unspecified atom stereocenters. The van der Waals surface area contributed by atoms with Crippen LogP contribution in [0.1, 0.15) is 22.3 Å². The van der Waals surface area contributed by atoms with Crippen LogP contribution in [0.5, 0.6) is 11.5 Å². The minimum Gasteiger partial charge on any atom is -0.457 e. The van der Waals surface area contributed by atoms with Gasteiger partial charge in [-0.25, -0.2) is 15.0 Å². The van der Waals surface area contributed by atoms with Gasteiger partial charge in [0.2, 0.25) is 0 Å². The molecule has 0 bridgehead atoms. The van der Waals surface area contributed by atoms with Crippen LogP contribution in [0.15, 0.2) is 205 Å². The highest BCUT2D eigenvalue weighted by atomic mass is 16.5. The summed E-state index contributed by atoms with van der Waals surface area (Å²) >= 11 is 0. The number of benzene rings is 9. The maximum atomic E-state index is 6.91. The van der Waals surface area contributed by atoms with Crippen LogP contribution in [0.25, 0.3) is 89.1 Å². The molecule has 0 fully saturated rings. The molecule has 0 saturated carbocycles. The summed E-state index contributed by atoms with van der Waals surface area (Å²) < 4.78 is 13.5. The van der Waals surface area contributed by atoms with Crippen LogP contribution >= 0.6 is 0 Å². The summed E-state index contributed by atoms with van der Waals surface area (Å²) in [6, 6.07) is 70.0. The smallest absolute Gasteiger partial charge is 0.164 e. The van der Waals surface area contributed by atoms with Crippen molar-refractivity contribution >= 4 is 32.7 Å². The molecule has 5 nitrogen and oxygen atoms in total. The van der Waals surface area contributed by atoms with Crippen molar-refractivity contribution in [3.8, 4) is 67.9 Å². The number of para-hydroxylation sites is 2. The number of furan rings is 1. The second-order valence-corrected chi connectivity index (χ2v) is 15.8. The predicted octanol–water partition coefficient (Wildman–Crippen LogP) is 14.1. The van der Waals surface area contributed by atoms with Gasteiger partial charge in [-0.1, -0.05) is 164 Å². The zero-order valence-electron chi connectivity index (χ0n) is 32.7. The number of hydrogen-bond donors (Lipinski definition) is 0. The van der Waals surface area contributed by atoms with E-state index in [1.54, 1.807) is 0 Å². The molecular weight excluding hydrogens is 747 g/mol. The van der Waals surface area contributed by atoms with Crippen molar-refractivity contribution in [1.82, 2.24) is 15.0 Å². The summed E-state index contributed by atoms with van der Waals surface area (Å²) in [5.41, 5.74) is 13.3. The molecule has 61 heavy (non-hydrogen) atoms. The maximum Gasteiger partial charge on any atom is 0.164 e. The van der Waals surface area contributed by atoms with Crippen LogP contribution in [0.3, 0.4) is 0 Å². The van der Waals surface area contributed by atoms with E-state index in [1.807, 2.05) is 60.7 Å². The van der Waals surface area contributed by atoms with Gasteiger partial charge in [0, 0.05) is 38.6 Å². The lowest BCUT2D eigenvalue weighted by Gasteiger charge is -2.39. The largest absolute Gasteiger partial charge is 0.457 e. The fraction of sp³-hybridized carbons (Fsp3) is 0.0179. The number of hydrogen-bond acceptors (Lipinski definition) is 5. The molecule has 5 heteroatoms. The summed E-state index contributed by atoms with van der Waals surface area (Å²) in [7, 11) is 0. The number of ether oxygens (including phenoxy) is 1. The summed E-state index contributed by atoms with van der Waals surface area (Å²) in [5, 5.41) is 4.33. The third kappa shape index (κ3) is 4.86. The Morgan fingerprint density at radius 2 is 0.869 bits per heavy atom. The van der Waals surface area contributed by atoms with Gasteiger partial charge in [-0.3, -0.25) is 0 Å². The van der Waals surface area contributed by atoms with Crippen molar-refractivity contribution in [2.75, 3.05) is 0 Å². The molecule has 9 aromatic carbocycles. The SMILES string of the molecule is c1ccc(-c2nc(-c3ccccc3)nc(-c3ccc(-c4cccc5oc6cc7c(cc6c45)-c4ccccc4C74c5ccccc5Oc5ccccc54)c4ccccc34)n2)cc1. The highest BCUT2D eigenvalue weighted by molar-refractivity contribution is 6.17. The maximum absolute atomic E-state index is 6.91. The lowest BCUT2D eigenvalue weighted by atomic mass is 9.66. The minimum atomic E-state index is -0.574. The summed E-state index contributed by atoms with van der Waals surface area (Å²) in [6.45, 7) is 0. The van der Waals surface area contributed by atoms with Gasteiger partial charge in [-0.15, -0.1) is 0 Å². The molecule has 3 heterocycles. The zero-order valence-corrected chi connectivity index (χ0v) is 32.7. The summed E-state index contributed by atoms with van der Waals surface area (Å²) in [4.78, 5) is 15.2. The van der Waals surface area contributed by atoms with Gasteiger partial charge in [0.1, 0.15) is 22.7 Å². The lowest BCUT2D eigenvalue weighted by molar-refractivity contribution is 0.436. The van der Waals surface area contributed by atoms with Crippen molar-refractivity contribution < 1.29 is 9.15 Å². The third-order valence-corrected chi connectivity index (χ3v) is 12.6. The molecule has 0 saturated heterocycles. The number of rotatable bonds is 4. The molecule has 284 valence electrons. The minimum absolute atomic E-state index is 0.574. The van der Waals surface area contributed by atoms with E-state index in [2.05, 4.69) is 140 Å². The molecule has 1 aliphatic carbocycles. The number of nitrogens with zero attached hydrogens (tertiary/aromatic N) is 3. The van der Waals surface area contributed by atoms with Crippen molar-refractivity contribution in [1.29, 1.82) is 0 Å². The van der Waals surface area contributed by atoms with Crippen molar-refractivity contribution in [3.05, 3.63) is 222 Å². The Kier molecular flexibility index (Phi) is 7.16. The molecular formula is C56H33N3O2. The molecule has 13 rings (SSSR count). The normalized spacial score (nSPS) is 13.2. The van der Waals surface area contributed by atoms with E-state index in [0.717, 1.165) is 83.2 Å². The van der Waals surface area contributed by atoms with E-state index >= 15 is 0 Å². The molecule has 2 aliphatic rings. The standard InChI is InChI=1S/C56H33N3O2/c1-3-16-34(17-4-1)53-57-54(35-18-5-2-6-19-35)59-55(58-53)41-31-30-38(36-20-7-8-21-37(36)41)40-23-15-29-50-52(40)43-32-42-39-22-9-10-24-44(39)56(47(42)33-51(43)61-50)45-25-11-13-27-48(45)60-49-28-14-12-26-46(49)56/h1-33H. The first-order valence-electron chi connectivity index (χ1n) is 20.6. The van der Waals surface area contributed by atoms with E-state index < -0.39 is 5.41 Å². The number of fused-ring (bicyclic) bond motifs is 13. The second kappa shape index (κ2) is 12.9. The van der Waals surface area contributed by atoms with Crippen LogP contribution in [-0.2, 0) is 5.41 Å². The zero-order chi connectivity index (χ0) is 40.1. The van der Waals surface area contributed by atoms with Crippen LogP contribution in [-0.4, -0.2) is 15.0 Å². The van der Waals surface area contributed by atoms with Gasteiger partial charge >= 0.3 is 0 Å². The Balaban J connectivity index is 1.03. The molecule has 1 spiro atoms. The Labute approximate surface area is 351 Å². The van der Waals surface area contributed by atoms with Gasteiger partial charge in [0.25, 0.3) is 0 Å². The van der Waals surface area contributed by atoms with Crippen LogP contribution in [0.4, 0.5) is 0 Å². The van der Waals surface area contributed by atoms with E-state index in [1.165, 1.54) is 22.3 Å². The van der Waals surface area contributed by atoms with Crippen molar-refractivity contribution in [2.45, 2.75) is 5.41 Å². The molecule has 0 atom stereocenters. The first-order valence-corrected chi connectivity index (χ1v) is 20.6. The van der Waals surface area contributed by atoms with Gasteiger partial charge < -0.3 is 9.15 Å². The molecule has 0 amide bonds. The Morgan fingerprint density at radius 1 is 0.328 bits per heavy atom. The van der Waals surface area contributed by atoms with Gasteiger partial charge in [0.15, 0.2) is 17.5 Å². The van der Waals surface area contributed by atoms with Gasteiger partial charge in [0.05, 0.1) is 5.41 Å². The summed E-state index contributed by atoms with van der Waals surface area (Å²) in [6.07, 6.45) is 0. The van der Waals surface area contributed by atoms with Crippen molar-refractivity contribution in [3.63, 3.8) is 0 Å². The van der Waals surface area contributed by atoms with E-state index in [0.29, 0.717) is 17.5 Å². The van der Waals surface area contributed by atoms with Gasteiger partial charge in [-0.05, 0) is 80.6 Å². The average Bonchev–Trinajstić information content (AvgIpc) is 3.84. The van der Waals surface area contributed by atoms with Crippen molar-refractivity contribution in [2.24, 2.45) is 0 Å². The van der Waals surface area contributed by atoms with Gasteiger partial charge in [-0.2, -0.15) is 0 Å². The van der Waals surface area contributed by atoms with Crippen LogP contribution < -0.4 is 4.74 Å². The topological polar surface area (TPSA) is 61.0 Å². The van der Waals surface area contributed by atoms with E-state index in [4.69, 9.17) is 24.1 Å². The fourth-order valence-electron chi connectivity index (χ4n) is 10.1. The highest BCUT2D eigenvalue weighted by Crippen LogP contribution is 2.62. The Hall–Kier alpha value is -8.15. The number of aromatic nitrogens is 3. The fourth-order valence-corrected chi connectivity index (χ4v) is 10.1.